The Balaban J connectivity index is 1.70. The van der Waals surface area contributed by atoms with Crippen LogP contribution < -0.4 is 15.8 Å². The SMILES string of the molecule is C[Si](C)(C)c1ccc(C2CCN(c3c(F)cc(N)cc3F)CC2)cc1. The third kappa shape index (κ3) is 3.87. The Morgan fingerprint density at radius 1 is 0.960 bits per heavy atom. The first-order valence-electron chi connectivity index (χ1n) is 8.85. The van der Waals surface area contributed by atoms with E-state index in [1.165, 1.54) is 22.9 Å². The molecule has 134 valence electrons. The van der Waals surface area contributed by atoms with E-state index in [0.29, 0.717) is 19.0 Å². The fraction of sp³-hybridized carbons (Fsp3) is 0.400. The lowest BCUT2D eigenvalue weighted by Gasteiger charge is -2.34. The summed E-state index contributed by atoms with van der Waals surface area (Å²) >= 11 is 0. The smallest absolute Gasteiger partial charge is 0.151 e. The molecule has 2 aromatic rings. The highest BCUT2D eigenvalue weighted by atomic mass is 28.3. The minimum Gasteiger partial charge on any atom is -0.399 e. The summed E-state index contributed by atoms with van der Waals surface area (Å²) < 4.78 is 28.2. The van der Waals surface area contributed by atoms with E-state index in [-0.39, 0.29) is 11.4 Å². The van der Waals surface area contributed by atoms with Crippen molar-refractivity contribution in [3.05, 3.63) is 53.6 Å². The Kier molecular flexibility index (Phi) is 4.87. The van der Waals surface area contributed by atoms with E-state index < -0.39 is 19.7 Å². The normalized spacial score (nSPS) is 16.3. The van der Waals surface area contributed by atoms with E-state index in [2.05, 4.69) is 43.9 Å². The maximum atomic E-state index is 14.1. The molecular formula is C20H26F2N2Si. The lowest BCUT2D eigenvalue weighted by Crippen LogP contribution is -2.37. The van der Waals surface area contributed by atoms with Crippen molar-refractivity contribution in [3.63, 3.8) is 0 Å². The Bertz CT molecular complexity index is 722. The summed E-state index contributed by atoms with van der Waals surface area (Å²) in [4.78, 5) is 1.80. The highest BCUT2D eigenvalue weighted by Gasteiger charge is 2.25. The zero-order chi connectivity index (χ0) is 18.2. The monoisotopic (exact) mass is 360 g/mol. The molecule has 2 aromatic carbocycles. The van der Waals surface area contributed by atoms with Crippen molar-refractivity contribution in [3.8, 4) is 0 Å². The zero-order valence-electron chi connectivity index (χ0n) is 15.2. The number of nitrogen functional groups attached to an aromatic ring is 1. The Hall–Kier alpha value is -1.88. The van der Waals surface area contributed by atoms with Crippen LogP contribution in [0.3, 0.4) is 0 Å². The summed E-state index contributed by atoms with van der Waals surface area (Å²) in [7, 11) is -1.28. The van der Waals surface area contributed by atoms with Crippen LogP contribution in [-0.4, -0.2) is 21.2 Å². The molecule has 0 bridgehead atoms. The second-order valence-corrected chi connectivity index (χ2v) is 13.0. The van der Waals surface area contributed by atoms with Crippen molar-refractivity contribution in [2.75, 3.05) is 23.7 Å². The van der Waals surface area contributed by atoms with Crippen LogP contribution in [0.5, 0.6) is 0 Å². The van der Waals surface area contributed by atoms with Gasteiger partial charge in [-0.1, -0.05) is 49.1 Å². The number of hydrogen-bond acceptors (Lipinski definition) is 2. The summed E-state index contributed by atoms with van der Waals surface area (Å²) in [5.74, 6) is -0.697. The second-order valence-electron chi connectivity index (χ2n) is 7.97. The molecule has 1 aliphatic heterocycles. The van der Waals surface area contributed by atoms with Gasteiger partial charge in [-0.25, -0.2) is 8.78 Å². The lowest BCUT2D eigenvalue weighted by atomic mass is 9.89. The number of nitrogens with zero attached hydrogens (tertiary/aromatic N) is 1. The van der Waals surface area contributed by atoms with Crippen molar-refractivity contribution in [1.29, 1.82) is 0 Å². The predicted molar refractivity (Wildman–Crippen MR) is 104 cm³/mol. The average Bonchev–Trinajstić information content (AvgIpc) is 2.54. The molecule has 0 radical (unpaired) electrons. The number of hydrogen-bond donors (Lipinski definition) is 1. The van der Waals surface area contributed by atoms with E-state index in [4.69, 9.17) is 5.73 Å². The van der Waals surface area contributed by atoms with Crippen LogP contribution in [0, 0.1) is 11.6 Å². The number of anilines is 2. The summed E-state index contributed by atoms with van der Waals surface area (Å²) in [5.41, 5.74) is 7.01. The standard InChI is InChI=1S/C20H26F2N2Si/c1-25(2,3)17-6-4-14(5-7-17)15-8-10-24(11-9-15)20-18(21)12-16(23)13-19(20)22/h4-7,12-13,15H,8-11,23H2,1-3H3. The molecule has 1 saturated heterocycles. The first-order chi connectivity index (χ1) is 11.8. The molecule has 0 saturated carbocycles. The van der Waals surface area contributed by atoms with Gasteiger partial charge in [-0.2, -0.15) is 0 Å². The van der Waals surface area contributed by atoms with Gasteiger partial charge in [0.2, 0.25) is 0 Å². The Labute approximate surface area is 149 Å². The van der Waals surface area contributed by atoms with Crippen LogP contribution in [0.25, 0.3) is 0 Å². The predicted octanol–water partition coefficient (Wildman–Crippen LogP) is 4.48. The van der Waals surface area contributed by atoms with Crippen molar-refractivity contribution in [1.82, 2.24) is 0 Å². The minimum atomic E-state index is -1.28. The third-order valence-corrected chi connectivity index (χ3v) is 7.16. The molecule has 2 nitrogen and oxygen atoms in total. The molecule has 0 atom stereocenters. The maximum Gasteiger partial charge on any atom is 0.151 e. The largest absolute Gasteiger partial charge is 0.399 e. The number of rotatable bonds is 3. The molecule has 0 amide bonds. The van der Waals surface area contributed by atoms with Crippen LogP contribution in [0.15, 0.2) is 36.4 Å². The van der Waals surface area contributed by atoms with Gasteiger partial charge in [-0.15, -0.1) is 0 Å². The molecule has 1 heterocycles. The number of nitrogens with two attached hydrogens (primary N) is 1. The molecule has 0 spiro atoms. The first kappa shape index (κ1) is 17.9. The quantitative estimate of drug-likeness (QED) is 0.646. The molecule has 5 heteroatoms. The van der Waals surface area contributed by atoms with Crippen LogP contribution in [0.2, 0.25) is 19.6 Å². The molecular weight excluding hydrogens is 334 g/mol. The van der Waals surface area contributed by atoms with Crippen molar-refractivity contribution >= 4 is 24.6 Å². The third-order valence-electron chi connectivity index (χ3n) is 5.10. The number of halogens is 2. The molecule has 0 aliphatic carbocycles. The van der Waals surface area contributed by atoms with Crippen LogP contribution >= 0.6 is 0 Å². The summed E-state index contributed by atoms with van der Waals surface area (Å²) in [6.07, 6.45) is 1.80. The highest BCUT2D eigenvalue weighted by Crippen LogP contribution is 2.33. The molecule has 25 heavy (non-hydrogen) atoms. The molecule has 2 N–H and O–H groups in total. The average molecular weight is 361 g/mol. The molecule has 1 fully saturated rings. The highest BCUT2D eigenvalue weighted by molar-refractivity contribution is 6.88. The van der Waals surface area contributed by atoms with Crippen LogP contribution in [0.1, 0.15) is 24.3 Å². The fourth-order valence-corrected chi connectivity index (χ4v) is 4.75. The summed E-state index contributed by atoms with van der Waals surface area (Å²) in [6, 6.07) is 11.4. The Morgan fingerprint density at radius 2 is 1.48 bits per heavy atom. The van der Waals surface area contributed by atoms with Gasteiger partial charge < -0.3 is 10.6 Å². The van der Waals surface area contributed by atoms with E-state index in [1.807, 2.05) is 0 Å². The van der Waals surface area contributed by atoms with Crippen molar-refractivity contribution in [2.24, 2.45) is 0 Å². The van der Waals surface area contributed by atoms with Gasteiger partial charge in [0.15, 0.2) is 11.6 Å². The van der Waals surface area contributed by atoms with Gasteiger partial charge in [0.05, 0.1) is 8.07 Å². The molecule has 3 rings (SSSR count). The topological polar surface area (TPSA) is 29.3 Å². The minimum absolute atomic E-state index is 0.0572. The second kappa shape index (κ2) is 6.79. The first-order valence-corrected chi connectivity index (χ1v) is 12.4. The van der Waals surface area contributed by atoms with Gasteiger partial charge >= 0.3 is 0 Å². The van der Waals surface area contributed by atoms with Crippen LogP contribution in [-0.2, 0) is 0 Å². The lowest BCUT2D eigenvalue weighted by molar-refractivity contribution is 0.486. The van der Waals surface area contributed by atoms with E-state index >= 15 is 0 Å². The van der Waals surface area contributed by atoms with Gasteiger partial charge in [0, 0.05) is 18.8 Å². The van der Waals surface area contributed by atoms with Gasteiger partial charge in [0.1, 0.15) is 5.69 Å². The van der Waals surface area contributed by atoms with E-state index in [9.17, 15) is 8.78 Å². The maximum absolute atomic E-state index is 14.1. The van der Waals surface area contributed by atoms with Crippen LogP contribution in [0.4, 0.5) is 20.2 Å². The molecule has 0 unspecified atom stereocenters. The van der Waals surface area contributed by atoms with E-state index in [1.54, 1.807) is 4.90 Å². The fourth-order valence-electron chi connectivity index (χ4n) is 3.58. The molecule has 1 aliphatic rings. The summed E-state index contributed by atoms with van der Waals surface area (Å²) in [5, 5.41) is 1.46. The van der Waals surface area contributed by atoms with Gasteiger partial charge in [-0.05, 0) is 36.5 Å². The Morgan fingerprint density at radius 3 is 1.96 bits per heavy atom. The number of piperidine rings is 1. The van der Waals surface area contributed by atoms with Gasteiger partial charge in [-0.3, -0.25) is 0 Å². The van der Waals surface area contributed by atoms with Crippen molar-refractivity contribution < 1.29 is 8.78 Å². The van der Waals surface area contributed by atoms with Gasteiger partial charge in [0.25, 0.3) is 0 Å². The summed E-state index contributed by atoms with van der Waals surface area (Å²) in [6.45, 7) is 8.33. The number of benzene rings is 2. The van der Waals surface area contributed by atoms with Crippen molar-refractivity contribution in [2.45, 2.75) is 38.4 Å². The zero-order valence-corrected chi connectivity index (χ0v) is 16.2. The van der Waals surface area contributed by atoms with E-state index in [0.717, 1.165) is 12.8 Å². The molecule has 0 aromatic heterocycles.